The number of carboxylic acids is 1. The van der Waals surface area contributed by atoms with Gasteiger partial charge in [0.2, 0.25) is 0 Å². The van der Waals surface area contributed by atoms with E-state index in [2.05, 4.69) is 33.4 Å². The number of nitrogens with one attached hydrogen (secondary N) is 1. The van der Waals surface area contributed by atoms with Gasteiger partial charge >= 0.3 is 12.1 Å². The Morgan fingerprint density at radius 1 is 1.03 bits per heavy atom. The Labute approximate surface area is 181 Å². The maximum absolute atomic E-state index is 12.5. The van der Waals surface area contributed by atoms with Gasteiger partial charge in [-0.3, -0.25) is 5.32 Å². The highest BCUT2D eigenvalue weighted by Gasteiger charge is 2.29. The molecule has 1 aliphatic carbocycles. The van der Waals surface area contributed by atoms with Crippen LogP contribution in [0, 0.1) is 0 Å². The van der Waals surface area contributed by atoms with E-state index in [-0.39, 0.29) is 23.8 Å². The van der Waals surface area contributed by atoms with Crippen LogP contribution in [0.4, 0.5) is 10.5 Å². The zero-order valence-corrected chi connectivity index (χ0v) is 17.6. The lowest BCUT2D eigenvalue weighted by molar-refractivity contribution is 0.0697. The molecule has 30 heavy (non-hydrogen) atoms. The summed E-state index contributed by atoms with van der Waals surface area (Å²) in [5.41, 5.74) is 4.47. The van der Waals surface area contributed by atoms with Crippen molar-refractivity contribution < 1.29 is 24.2 Å². The van der Waals surface area contributed by atoms with Crippen LogP contribution in [-0.4, -0.2) is 30.9 Å². The first-order valence-corrected chi connectivity index (χ1v) is 10.0. The highest BCUT2D eigenvalue weighted by atomic mass is 79.9. The lowest BCUT2D eigenvalue weighted by Crippen LogP contribution is -2.19. The molecule has 3 aromatic rings. The zero-order chi connectivity index (χ0) is 21.3. The number of carbonyl (C=O) groups is 2. The molecule has 0 atom stereocenters. The fourth-order valence-corrected chi connectivity index (χ4v) is 4.37. The van der Waals surface area contributed by atoms with E-state index in [1.807, 2.05) is 36.4 Å². The number of carboxylic acid groups (broad SMARTS) is 1. The average molecular weight is 468 g/mol. The molecule has 6 nitrogen and oxygen atoms in total. The number of rotatable bonds is 5. The summed E-state index contributed by atoms with van der Waals surface area (Å²) in [6.45, 7) is 0.132. The molecular formula is C23H18BrNO5. The number of carbonyl (C=O) groups excluding carboxylic acids is 1. The van der Waals surface area contributed by atoms with Gasteiger partial charge in [0.25, 0.3) is 0 Å². The van der Waals surface area contributed by atoms with Crippen molar-refractivity contribution in [2.24, 2.45) is 0 Å². The normalized spacial score (nSPS) is 12.1. The van der Waals surface area contributed by atoms with Crippen LogP contribution in [0.2, 0.25) is 0 Å². The van der Waals surface area contributed by atoms with Crippen LogP contribution in [0.3, 0.4) is 0 Å². The third-order valence-electron chi connectivity index (χ3n) is 5.09. The minimum absolute atomic E-state index is 0.0793. The van der Waals surface area contributed by atoms with Crippen molar-refractivity contribution in [3.05, 3.63) is 81.8 Å². The predicted octanol–water partition coefficient (Wildman–Crippen LogP) is 5.52. The topological polar surface area (TPSA) is 84.9 Å². The Kier molecular flexibility index (Phi) is 5.46. The van der Waals surface area contributed by atoms with E-state index in [1.165, 1.54) is 19.2 Å². The SMILES string of the molecule is COc1cc(Br)c(C(=O)O)c(NC(=O)OCC2c3ccccc3-c3ccccc32)c1. The van der Waals surface area contributed by atoms with Gasteiger partial charge in [-0.25, -0.2) is 9.59 Å². The van der Waals surface area contributed by atoms with E-state index in [0.717, 1.165) is 22.3 Å². The number of methoxy groups -OCH3 is 1. The number of amides is 1. The van der Waals surface area contributed by atoms with Crippen LogP contribution in [0.25, 0.3) is 11.1 Å². The summed E-state index contributed by atoms with van der Waals surface area (Å²) < 4.78 is 10.9. The molecule has 0 unspecified atom stereocenters. The van der Waals surface area contributed by atoms with Crippen molar-refractivity contribution in [1.29, 1.82) is 0 Å². The molecule has 0 aliphatic heterocycles. The molecule has 0 aromatic heterocycles. The molecule has 0 saturated heterocycles. The number of aromatic carboxylic acids is 1. The van der Waals surface area contributed by atoms with Crippen LogP contribution < -0.4 is 10.1 Å². The largest absolute Gasteiger partial charge is 0.497 e. The highest BCUT2D eigenvalue weighted by Crippen LogP contribution is 2.44. The van der Waals surface area contributed by atoms with Gasteiger partial charge in [-0.2, -0.15) is 0 Å². The van der Waals surface area contributed by atoms with Crippen LogP contribution in [-0.2, 0) is 4.74 Å². The molecule has 0 spiro atoms. The molecule has 7 heteroatoms. The summed E-state index contributed by atoms with van der Waals surface area (Å²) in [7, 11) is 1.46. The molecule has 2 N–H and O–H groups in total. The number of anilines is 1. The first-order valence-electron chi connectivity index (χ1n) is 9.22. The molecule has 0 heterocycles. The Bertz CT molecular complexity index is 1100. The highest BCUT2D eigenvalue weighted by molar-refractivity contribution is 9.10. The van der Waals surface area contributed by atoms with Crippen molar-refractivity contribution in [2.75, 3.05) is 19.0 Å². The minimum atomic E-state index is -1.18. The van der Waals surface area contributed by atoms with Gasteiger partial charge in [0, 0.05) is 16.5 Å². The summed E-state index contributed by atoms with van der Waals surface area (Å²) >= 11 is 3.21. The van der Waals surface area contributed by atoms with E-state index in [1.54, 1.807) is 0 Å². The molecule has 0 saturated carbocycles. The second-order valence-corrected chi connectivity index (χ2v) is 7.64. The summed E-state index contributed by atoms with van der Waals surface area (Å²) in [6, 6.07) is 19.0. The molecular weight excluding hydrogens is 450 g/mol. The first-order chi connectivity index (χ1) is 14.5. The monoisotopic (exact) mass is 467 g/mol. The van der Waals surface area contributed by atoms with E-state index < -0.39 is 12.1 Å². The van der Waals surface area contributed by atoms with Crippen molar-refractivity contribution in [3.8, 4) is 16.9 Å². The van der Waals surface area contributed by atoms with Gasteiger partial charge < -0.3 is 14.6 Å². The Hall–Kier alpha value is -3.32. The number of hydrogen-bond donors (Lipinski definition) is 2. The van der Waals surface area contributed by atoms with E-state index >= 15 is 0 Å². The molecule has 0 fully saturated rings. The predicted molar refractivity (Wildman–Crippen MR) is 116 cm³/mol. The molecule has 4 rings (SSSR count). The maximum Gasteiger partial charge on any atom is 0.411 e. The molecule has 0 bridgehead atoms. The number of halogens is 1. The third-order valence-corrected chi connectivity index (χ3v) is 5.72. The van der Waals surface area contributed by atoms with Crippen molar-refractivity contribution in [2.45, 2.75) is 5.92 Å². The van der Waals surface area contributed by atoms with Gasteiger partial charge in [-0.1, -0.05) is 48.5 Å². The van der Waals surface area contributed by atoms with Crippen LogP contribution in [0.5, 0.6) is 5.75 Å². The quantitative estimate of drug-likeness (QED) is 0.516. The zero-order valence-electron chi connectivity index (χ0n) is 16.0. The molecule has 152 valence electrons. The van der Waals surface area contributed by atoms with Crippen molar-refractivity contribution in [3.63, 3.8) is 0 Å². The second kappa shape index (κ2) is 8.20. The van der Waals surface area contributed by atoms with Gasteiger partial charge in [0.15, 0.2) is 0 Å². The minimum Gasteiger partial charge on any atom is -0.497 e. The van der Waals surface area contributed by atoms with Gasteiger partial charge in [0.1, 0.15) is 12.4 Å². The van der Waals surface area contributed by atoms with Crippen molar-refractivity contribution in [1.82, 2.24) is 0 Å². The molecule has 0 radical (unpaired) electrons. The average Bonchev–Trinajstić information content (AvgIpc) is 3.05. The lowest BCUT2D eigenvalue weighted by Gasteiger charge is -2.16. The van der Waals surface area contributed by atoms with Crippen molar-refractivity contribution >= 4 is 33.7 Å². The first kappa shape index (κ1) is 20.0. The van der Waals surface area contributed by atoms with Gasteiger partial charge in [-0.05, 0) is 44.3 Å². The third kappa shape index (κ3) is 3.64. The van der Waals surface area contributed by atoms with E-state index in [0.29, 0.717) is 10.2 Å². The Morgan fingerprint density at radius 2 is 1.63 bits per heavy atom. The van der Waals surface area contributed by atoms with Crippen LogP contribution in [0.15, 0.2) is 65.1 Å². The van der Waals surface area contributed by atoms with Crippen LogP contribution >= 0.6 is 15.9 Å². The number of hydrogen-bond acceptors (Lipinski definition) is 4. The van der Waals surface area contributed by atoms with Crippen LogP contribution in [0.1, 0.15) is 27.4 Å². The molecule has 3 aromatic carbocycles. The standard InChI is InChI=1S/C23H18BrNO5/c1-29-13-10-19(24)21(22(26)27)20(11-13)25-23(28)30-12-18-16-8-4-2-6-14(16)15-7-3-5-9-17(15)18/h2-11,18H,12H2,1H3,(H,25,28)(H,26,27). The number of fused-ring (bicyclic) bond motifs is 3. The lowest BCUT2D eigenvalue weighted by atomic mass is 9.98. The van der Waals surface area contributed by atoms with E-state index in [9.17, 15) is 14.7 Å². The summed E-state index contributed by atoms with van der Waals surface area (Å²) in [4.78, 5) is 24.1. The second-order valence-electron chi connectivity index (χ2n) is 6.79. The molecule has 1 amide bonds. The Morgan fingerprint density at radius 3 is 2.20 bits per heavy atom. The smallest absolute Gasteiger partial charge is 0.411 e. The summed E-state index contributed by atoms with van der Waals surface area (Å²) in [5.74, 6) is -0.863. The molecule has 1 aliphatic rings. The number of benzene rings is 3. The maximum atomic E-state index is 12.5. The number of ether oxygens (including phenoxy) is 2. The summed E-state index contributed by atoms with van der Waals surface area (Å²) in [6.07, 6.45) is -0.737. The summed E-state index contributed by atoms with van der Waals surface area (Å²) in [5, 5.41) is 12.0. The van der Waals surface area contributed by atoms with Gasteiger partial charge in [0.05, 0.1) is 18.4 Å². The Balaban J connectivity index is 1.54. The fraction of sp³-hybridized carbons (Fsp3) is 0.130. The van der Waals surface area contributed by atoms with Gasteiger partial charge in [-0.15, -0.1) is 0 Å². The fourth-order valence-electron chi connectivity index (χ4n) is 3.76. The van der Waals surface area contributed by atoms with E-state index in [4.69, 9.17) is 9.47 Å².